The van der Waals surface area contributed by atoms with Gasteiger partial charge in [-0.1, -0.05) is 30.3 Å². The van der Waals surface area contributed by atoms with E-state index in [1.807, 2.05) is 12.1 Å². The van der Waals surface area contributed by atoms with Crippen LogP contribution in [0.4, 0.5) is 11.4 Å². The molecule has 2 aromatic rings. The molecule has 1 aliphatic rings. The van der Waals surface area contributed by atoms with Gasteiger partial charge in [-0.3, -0.25) is 0 Å². The summed E-state index contributed by atoms with van der Waals surface area (Å²) in [4.78, 5) is 16.4. The predicted molar refractivity (Wildman–Crippen MR) is 109 cm³/mol. The van der Waals surface area contributed by atoms with Gasteiger partial charge in [-0.2, -0.15) is 0 Å². The molecular formula is C20H23N3O2S. The third-order valence-corrected chi connectivity index (χ3v) is 4.96. The monoisotopic (exact) mass is 369 g/mol. The Bertz CT molecular complexity index is 801. The Morgan fingerprint density at radius 2 is 1.69 bits per heavy atom. The van der Waals surface area contributed by atoms with Gasteiger partial charge in [-0.05, 0) is 42.9 Å². The summed E-state index contributed by atoms with van der Waals surface area (Å²) in [6, 6.07) is 15.7. The van der Waals surface area contributed by atoms with Crippen LogP contribution < -0.4 is 10.2 Å². The molecule has 0 amide bonds. The number of aryl methyl sites for hydroxylation is 1. The van der Waals surface area contributed by atoms with Crippen molar-refractivity contribution in [3.05, 3.63) is 59.7 Å². The second-order valence-corrected chi connectivity index (χ2v) is 6.61. The van der Waals surface area contributed by atoms with Gasteiger partial charge in [0.2, 0.25) is 0 Å². The molecule has 0 atom stereocenters. The second-order valence-electron chi connectivity index (χ2n) is 6.23. The Balaban J connectivity index is 1.63. The number of para-hydroxylation sites is 2. The first-order valence-corrected chi connectivity index (χ1v) is 9.05. The highest BCUT2D eigenvalue weighted by Crippen LogP contribution is 2.22. The molecule has 2 aromatic carbocycles. The van der Waals surface area contributed by atoms with E-state index < -0.39 is 0 Å². The van der Waals surface area contributed by atoms with Crippen molar-refractivity contribution in [1.29, 1.82) is 0 Å². The Morgan fingerprint density at radius 3 is 2.38 bits per heavy atom. The number of methoxy groups -OCH3 is 1. The smallest absolute Gasteiger partial charge is 0.339 e. The average Bonchev–Trinajstić information content (AvgIpc) is 2.68. The maximum Gasteiger partial charge on any atom is 0.339 e. The Hall–Kier alpha value is -2.60. The molecule has 1 N–H and O–H groups in total. The first kappa shape index (κ1) is 18.2. The van der Waals surface area contributed by atoms with Crippen LogP contribution in [0.1, 0.15) is 15.9 Å². The summed E-state index contributed by atoms with van der Waals surface area (Å²) >= 11 is 5.56. The zero-order valence-corrected chi connectivity index (χ0v) is 15.9. The van der Waals surface area contributed by atoms with Gasteiger partial charge in [0.05, 0.1) is 18.4 Å². The summed E-state index contributed by atoms with van der Waals surface area (Å²) in [6.45, 7) is 5.62. The van der Waals surface area contributed by atoms with Crippen LogP contribution in [0.25, 0.3) is 0 Å². The minimum Gasteiger partial charge on any atom is -0.465 e. The molecule has 1 saturated heterocycles. The molecule has 0 saturated carbocycles. The van der Waals surface area contributed by atoms with Crippen molar-refractivity contribution in [3.8, 4) is 0 Å². The van der Waals surface area contributed by atoms with Crippen molar-refractivity contribution < 1.29 is 9.53 Å². The average molecular weight is 369 g/mol. The molecule has 0 radical (unpaired) electrons. The summed E-state index contributed by atoms with van der Waals surface area (Å²) in [5.74, 6) is -0.375. The number of esters is 1. The lowest BCUT2D eigenvalue weighted by molar-refractivity contribution is 0.0602. The van der Waals surface area contributed by atoms with E-state index in [0.717, 1.165) is 26.2 Å². The summed E-state index contributed by atoms with van der Waals surface area (Å²) < 4.78 is 4.84. The van der Waals surface area contributed by atoms with Crippen molar-refractivity contribution in [2.24, 2.45) is 0 Å². The molecule has 136 valence electrons. The number of ether oxygens (including phenoxy) is 1. The van der Waals surface area contributed by atoms with E-state index in [2.05, 4.69) is 46.3 Å². The third kappa shape index (κ3) is 3.96. The summed E-state index contributed by atoms with van der Waals surface area (Å²) in [6.07, 6.45) is 0. The van der Waals surface area contributed by atoms with Gasteiger partial charge in [0.15, 0.2) is 5.11 Å². The van der Waals surface area contributed by atoms with Gasteiger partial charge < -0.3 is 19.9 Å². The zero-order valence-electron chi connectivity index (χ0n) is 15.1. The number of nitrogens with zero attached hydrogens (tertiary/aromatic N) is 2. The normalized spacial score (nSPS) is 14.1. The summed E-state index contributed by atoms with van der Waals surface area (Å²) in [5.41, 5.74) is 3.72. The van der Waals surface area contributed by atoms with Crippen LogP contribution in [-0.4, -0.2) is 49.3 Å². The fourth-order valence-corrected chi connectivity index (χ4v) is 3.44. The van der Waals surface area contributed by atoms with Gasteiger partial charge in [0, 0.05) is 31.9 Å². The van der Waals surface area contributed by atoms with E-state index in [-0.39, 0.29) is 5.97 Å². The number of anilines is 2. The molecule has 6 heteroatoms. The molecule has 1 heterocycles. The van der Waals surface area contributed by atoms with E-state index >= 15 is 0 Å². The van der Waals surface area contributed by atoms with E-state index in [4.69, 9.17) is 17.0 Å². The molecule has 1 aliphatic heterocycles. The number of thiocarbonyl (C=S) groups is 1. The van der Waals surface area contributed by atoms with Crippen molar-refractivity contribution in [2.75, 3.05) is 43.5 Å². The maximum atomic E-state index is 11.9. The Labute approximate surface area is 159 Å². The highest BCUT2D eigenvalue weighted by molar-refractivity contribution is 7.80. The van der Waals surface area contributed by atoms with Crippen LogP contribution in [-0.2, 0) is 4.74 Å². The molecule has 0 aliphatic carbocycles. The van der Waals surface area contributed by atoms with Crippen LogP contribution in [0.2, 0.25) is 0 Å². The van der Waals surface area contributed by atoms with Crippen molar-refractivity contribution in [2.45, 2.75) is 6.92 Å². The zero-order chi connectivity index (χ0) is 18.5. The number of rotatable bonds is 3. The Kier molecular flexibility index (Phi) is 5.73. The molecule has 3 rings (SSSR count). The molecule has 0 spiro atoms. The molecular weight excluding hydrogens is 346 g/mol. The number of benzene rings is 2. The lowest BCUT2D eigenvalue weighted by atomic mass is 10.1. The van der Waals surface area contributed by atoms with E-state index in [1.54, 1.807) is 12.1 Å². The first-order valence-electron chi connectivity index (χ1n) is 8.64. The molecule has 0 unspecified atom stereocenters. The first-order chi connectivity index (χ1) is 12.6. The lowest BCUT2D eigenvalue weighted by Crippen LogP contribution is -2.50. The number of carbonyl (C=O) groups excluding carboxylic acids is 1. The Morgan fingerprint density at radius 1 is 1.04 bits per heavy atom. The van der Waals surface area contributed by atoms with Crippen LogP contribution in [0, 0.1) is 6.92 Å². The van der Waals surface area contributed by atoms with E-state index in [1.165, 1.54) is 18.4 Å². The lowest BCUT2D eigenvalue weighted by Gasteiger charge is -2.38. The van der Waals surface area contributed by atoms with Crippen LogP contribution in [0.3, 0.4) is 0 Å². The van der Waals surface area contributed by atoms with Gasteiger partial charge >= 0.3 is 5.97 Å². The third-order valence-electron chi connectivity index (χ3n) is 4.60. The number of hydrogen-bond acceptors (Lipinski definition) is 4. The summed E-state index contributed by atoms with van der Waals surface area (Å²) in [7, 11) is 1.38. The van der Waals surface area contributed by atoms with Gasteiger partial charge in [-0.15, -0.1) is 0 Å². The summed E-state index contributed by atoms with van der Waals surface area (Å²) in [5, 5.41) is 3.83. The largest absolute Gasteiger partial charge is 0.465 e. The van der Waals surface area contributed by atoms with Crippen molar-refractivity contribution in [3.63, 3.8) is 0 Å². The van der Waals surface area contributed by atoms with Gasteiger partial charge in [0.25, 0.3) is 0 Å². The SMILES string of the molecule is COC(=O)c1ccccc1NC(=S)N1CCN(c2ccccc2C)CC1. The number of carbonyl (C=O) groups is 1. The molecule has 1 fully saturated rings. The number of hydrogen-bond donors (Lipinski definition) is 1. The predicted octanol–water partition coefficient (Wildman–Crippen LogP) is 3.30. The minimum absolute atomic E-state index is 0.375. The highest BCUT2D eigenvalue weighted by atomic mass is 32.1. The molecule has 0 aromatic heterocycles. The molecule has 0 bridgehead atoms. The van der Waals surface area contributed by atoms with Crippen LogP contribution in [0.15, 0.2) is 48.5 Å². The fraction of sp³-hybridized carbons (Fsp3) is 0.300. The van der Waals surface area contributed by atoms with Gasteiger partial charge in [0.1, 0.15) is 0 Å². The van der Waals surface area contributed by atoms with E-state index in [9.17, 15) is 4.79 Å². The number of piperazine rings is 1. The highest BCUT2D eigenvalue weighted by Gasteiger charge is 2.21. The van der Waals surface area contributed by atoms with E-state index in [0.29, 0.717) is 16.4 Å². The standard InChI is InChI=1S/C20H23N3O2S/c1-15-7-3-6-10-18(15)22-11-13-23(14-12-22)20(26)21-17-9-5-4-8-16(17)19(24)25-2/h3-10H,11-14H2,1-2H3,(H,21,26). The fourth-order valence-electron chi connectivity index (χ4n) is 3.14. The van der Waals surface area contributed by atoms with Crippen LogP contribution >= 0.6 is 12.2 Å². The number of nitrogens with one attached hydrogen (secondary N) is 1. The maximum absolute atomic E-state index is 11.9. The second kappa shape index (κ2) is 8.19. The topological polar surface area (TPSA) is 44.8 Å². The molecule has 5 nitrogen and oxygen atoms in total. The van der Waals surface area contributed by atoms with Crippen LogP contribution in [0.5, 0.6) is 0 Å². The quantitative estimate of drug-likeness (QED) is 0.662. The minimum atomic E-state index is -0.375. The van der Waals surface area contributed by atoms with Crippen molar-refractivity contribution >= 4 is 34.7 Å². The van der Waals surface area contributed by atoms with Crippen molar-refractivity contribution in [1.82, 2.24) is 4.90 Å². The molecule has 26 heavy (non-hydrogen) atoms. The van der Waals surface area contributed by atoms with Gasteiger partial charge in [-0.25, -0.2) is 4.79 Å².